The van der Waals surface area contributed by atoms with Crippen molar-refractivity contribution in [3.63, 3.8) is 0 Å². The van der Waals surface area contributed by atoms with Gasteiger partial charge in [-0.25, -0.2) is 0 Å². The molecule has 1 aromatic rings. The van der Waals surface area contributed by atoms with Crippen LogP contribution < -0.4 is 9.47 Å². The predicted molar refractivity (Wildman–Crippen MR) is 116 cm³/mol. The highest BCUT2D eigenvalue weighted by Gasteiger charge is 2.31. The Kier molecular flexibility index (Phi) is 7.77. The summed E-state index contributed by atoms with van der Waals surface area (Å²) in [6.07, 6.45) is 4.44. The number of amides is 1. The highest BCUT2D eigenvalue weighted by Crippen LogP contribution is 2.37. The Morgan fingerprint density at radius 3 is 2.76 bits per heavy atom. The summed E-state index contributed by atoms with van der Waals surface area (Å²) in [6, 6.07) is 3.88. The van der Waals surface area contributed by atoms with Crippen LogP contribution in [0.3, 0.4) is 0 Å². The van der Waals surface area contributed by atoms with E-state index >= 15 is 0 Å². The van der Waals surface area contributed by atoms with Crippen molar-refractivity contribution in [2.75, 3.05) is 19.8 Å². The zero-order valence-corrected chi connectivity index (χ0v) is 18.0. The van der Waals surface area contributed by atoms with Crippen LogP contribution in [-0.4, -0.2) is 34.9 Å². The molecule has 1 heterocycles. The van der Waals surface area contributed by atoms with Gasteiger partial charge in [0.2, 0.25) is 0 Å². The Hall–Kier alpha value is -1.06. The van der Waals surface area contributed by atoms with Crippen molar-refractivity contribution in [1.82, 2.24) is 4.90 Å². The van der Waals surface area contributed by atoms with Crippen LogP contribution in [0.2, 0.25) is 0 Å². The molecule has 0 atom stereocenters. The fourth-order valence-corrected chi connectivity index (χ4v) is 4.27. The topological polar surface area (TPSA) is 38.8 Å². The van der Waals surface area contributed by atoms with Gasteiger partial charge in [-0.15, -0.1) is 6.58 Å². The van der Waals surface area contributed by atoms with Crippen molar-refractivity contribution in [3.05, 3.63) is 38.8 Å². The van der Waals surface area contributed by atoms with E-state index in [-0.39, 0.29) is 5.91 Å². The van der Waals surface area contributed by atoms with E-state index in [2.05, 4.69) is 36.1 Å². The van der Waals surface area contributed by atoms with Crippen LogP contribution >= 0.6 is 46.6 Å². The van der Waals surface area contributed by atoms with Gasteiger partial charge in [-0.1, -0.05) is 37.0 Å². The number of carbonyl (C=O) groups excluding carboxylic acids is 1. The molecule has 0 bridgehead atoms. The van der Waals surface area contributed by atoms with Gasteiger partial charge in [-0.2, -0.15) is 0 Å². The molecule has 0 unspecified atom stereocenters. The van der Waals surface area contributed by atoms with E-state index < -0.39 is 0 Å². The first-order valence-electron chi connectivity index (χ1n) is 7.97. The van der Waals surface area contributed by atoms with Gasteiger partial charge in [-0.05, 0) is 59.7 Å². The number of halogens is 1. The van der Waals surface area contributed by atoms with E-state index in [9.17, 15) is 4.79 Å². The molecule has 1 aliphatic heterocycles. The summed E-state index contributed by atoms with van der Waals surface area (Å²) in [6.45, 7) is 9.27. The van der Waals surface area contributed by atoms with Crippen molar-refractivity contribution < 1.29 is 14.3 Å². The van der Waals surface area contributed by atoms with E-state index in [1.807, 2.05) is 25.1 Å². The van der Waals surface area contributed by atoms with E-state index in [0.717, 1.165) is 21.3 Å². The second kappa shape index (κ2) is 9.59. The van der Waals surface area contributed by atoms with Gasteiger partial charge in [0.1, 0.15) is 4.32 Å². The lowest BCUT2D eigenvalue weighted by Crippen LogP contribution is -2.27. The van der Waals surface area contributed by atoms with Gasteiger partial charge >= 0.3 is 0 Å². The molecule has 1 amide bonds. The van der Waals surface area contributed by atoms with Crippen molar-refractivity contribution in [3.8, 4) is 11.5 Å². The Morgan fingerprint density at radius 1 is 1.36 bits per heavy atom. The van der Waals surface area contributed by atoms with Gasteiger partial charge in [0.15, 0.2) is 11.5 Å². The van der Waals surface area contributed by atoms with Gasteiger partial charge < -0.3 is 9.47 Å². The minimum absolute atomic E-state index is 0.0887. The molecule has 2 rings (SSSR count). The molecule has 0 saturated carbocycles. The summed E-state index contributed by atoms with van der Waals surface area (Å²) >= 11 is 8.81. The minimum Gasteiger partial charge on any atom is -0.490 e. The number of hydrogen-bond acceptors (Lipinski definition) is 5. The van der Waals surface area contributed by atoms with Crippen LogP contribution in [0, 0.1) is 3.57 Å². The van der Waals surface area contributed by atoms with Gasteiger partial charge in [0.05, 0.1) is 21.7 Å². The second-order valence-electron chi connectivity index (χ2n) is 5.19. The molecule has 1 aromatic carbocycles. The third-order valence-electron chi connectivity index (χ3n) is 3.27. The first-order valence-corrected chi connectivity index (χ1v) is 10.3. The molecule has 1 aliphatic rings. The summed E-state index contributed by atoms with van der Waals surface area (Å²) in [5, 5.41) is 0. The lowest BCUT2D eigenvalue weighted by molar-refractivity contribution is -0.121. The Morgan fingerprint density at radius 2 is 2.12 bits per heavy atom. The third-order valence-corrected chi connectivity index (χ3v) is 5.44. The van der Waals surface area contributed by atoms with Crippen LogP contribution in [-0.2, 0) is 4.79 Å². The molecule has 0 spiro atoms. The normalized spacial score (nSPS) is 15.8. The third kappa shape index (κ3) is 4.98. The summed E-state index contributed by atoms with van der Waals surface area (Å²) in [5.41, 5.74) is 0.885. The van der Waals surface area contributed by atoms with Crippen LogP contribution in [0.4, 0.5) is 0 Å². The summed E-state index contributed by atoms with van der Waals surface area (Å²) in [4.78, 5) is 14.6. The fraction of sp³-hybridized carbons (Fsp3) is 0.333. The fourth-order valence-electron chi connectivity index (χ4n) is 2.22. The Bertz CT molecular complexity index is 719. The molecular weight excluding hydrogens is 469 g/mol. The summed E-state index contributed by atoms with van der Waals surface area (Å²) in [5.74, 6) is 1.35. The molecule has 7 heteroatoms. The smallest absolute Gasteiger partial charge is 0.266 e. The number of thioether (sulfide) groups is 1. The van der Waals surface area contributed by atoms with Crippen LogP contribution in [0.15, 0.2) is 29.7 Å². The number of benzene rings is 1. The highest BCUT2D eigenvalue weighted by atomic mass is 127. The second-order valence-corrected chi connectivity index (χ2v) is 8.03. The Balaban J connectivity index is 2.35. The van der Waals surface area contributed by atoms with Gasteiger partial charge in [-0.3, -0.25) is 9.69 Å². The molecule has 134 valence electrons. The lowest BCUT2D eigenvalue weighted by atomic mass is 10.2. The quantitative estimate of drug-likeness (QED) is 0.226. The maximum atomic E-state index is 12.5. The largest absolute Gasteiger partial charge is 0.490 e. The van der Waals surface area contributed by atoms with Crippen LogP contribution in [0.5, 0.6) is 11.5 Å². The standard InChI is InChI=1S/C18H20INO3S2/c1-4-7-20-17(21)15(25-18(20)24)11-12-9-13(19)16(23-8-5-2)14(10-12)22-6-3/h4,9-11H,1,5-8H2,2-3H3/b15-11+. The molecule has 0 aromatic heterocycles. The van der Waals surface area contributed by atoms with Crippen molar-refractivity contribution in [1.29, 1.82) is 0 Å². The number of hydrogen-bond donors (Lipinski definition) is 0. The average Bonchev–Trinajstić information content (AvgIpc) is 2.82. The first-order chi connectivity index (χ1) is 12.0. The highest BCUT2D eigenvalue weighted by molar-refractivity contribution is 14.1. The number of nitrogens with zero attached hydrogens (tertiary/aromatic N) is 1. The molecule has 0 N–H and O–H groups in total. The number of carbonyl (C=O) groups is 1. The lowest BCUT2D eigenvalue weighted by Gasteiger charge is -2.14. The predicted octanol–water partition coefficient (Wildman–Crippen LogP) is 4.87. The van der Waals surface area contributed by atoms with Crippen molar-refractivity contribution in [2.24, 2.45) is 0 Å². The SMILES string of the molecule is C=CCN1C(=O)/C(=C\c2cc(I)c(OCCC)c(OCC)c2)SC1=S. The average molecular weight is 489 g/mol. The molecule has 1 saturated heterocycles. The minimum atomic E-state index is -0.0887. The van der Waals surface area contributed by atoms with E-state index in [4.69, 9.17) is 21.7 Å². The molecule has 4 nitrogen and oxygen atoms in total. The summed E-state index contributed by atoms with van der Waals surface area (Å²) < 4.78 is 13.0. The van der Waals surface area contributed by atoms with Crippen LogP contribution in [0.25, 0.3) is 6.08 Å². The summed E-state index contributed by atoms with van der Waals surface area (Å²) in [7, 11) is 0. The monoisotopic (exact) mass is 489 g/mol. The molecular formula is C18H20INO3S2. The van der Waals surface area contributed by atoms with Crippen molar-refractivity contribution >= 4 is 62.9 Å². The maximum absolute atomic E-state index is 12.5. The van der Waals surface area contributed by atoms with E-state index in [1.54, 1.807) is 11.0 Å². The molecule has 1 fully saturated rings. The maximum Gasteiger partial charge on any atom is 0.266 e. The molecule has 25 heavy (non-hydrogen) atoms. The Labute approximate surface area is 171 Å². The zero-order chi connectivity index (χ0) is 18.4. The van der Waals surface area contributed by atoms with Crippen molar-refractivity contribution in [2.45, 2.75) is 20.3 Å². The van der Waals surface area contributed by atoms with E-state index in [0.29, 0.717) is 34.7 Å². The number of ether oxygens (including phenoxy) is 2. The zero-order valence-electron chi connectivity index (χ0n) is 14.2. The van der Waals surface area contributed by atoms with Gasteiger partial charge in [0.25, 0.3) is 5.91 Å². The van der Waals surface area contributed by atoms with Gasteiger partial charge in [0, 0.05) is 6.54 Å². The number of thiocarbonyl (C=S) groups is 1. The van der Waals surface area contributed by atoms with Crippen LogP contribution in [0.1, 0.15) is 25.8 Å². The van der Waals surface area contributed by atoms with E-state index in [1.165, 1.54) is 11.8 Å². The number of rotatable bonds is 8. The first kappa shape index (κ1) is 20.3. The molecule has 0 radical (unpaired) electrons. The molecule has 0 aliphatic carbocycles.